The van der Waals surface area contributed by atoms with Gasteiger partial charge in [-0.2, -0.15) is 0 Å². The summed E-state index contributed by atoms with van der Waals surface area (Å²) in [6, 6.07) is 2.96. The van der Waals surface area contributed by atoms with E-state index in [4.69, 9.17) is 4.74 Å². The normalized spacial score (nSPS) is 15.9. The number of benzene rings is 1. The molecule has 0 spiro atoms. The van der Waals surface area contributed by atoms with Crippen molar-refractivity contribution in [3.05, 3.63) is 52.5 Å². The molecule has 2 aromatic heterocycles. The molecule has 154 valence electrons. The molecule has 3 aromatic rings. The van der Waals surface area contributed by atoms with Crippen LogP contribution in [0.1, 0.15) is 10.4 Å². The van der Waals surface area contributed by atoms with Gasteiger partial charge >= 0.3 is 5.97 Å². The van der Waals surface area contributed by atoms with E-state index in [2.05, 4.69) is 14.9 Å². The monoisotopic (exact) mass is 411 g/mol. The molecule has 0 saturated carbocycles. The van der Waals surface area contributed by atoms with E-state index in [1.54, 1.807) is 10.8 Å². The molecule has 9 nitrogen and oxygen atoms in total. The Bertz CT molecular complexity index is 1210. The first-order valence-electron chi connectivity index (χ1n) is 9.56. The summed E-state index contributed by atoms with van der Waals surface area (Å²) in [5.74, 6) is -0.817. The summed E-state index contributed by atoms with van der Waals surface area (Å²) in [5.41, 5.74) is -0.341. The van der Waals surface area contributed by atoms with E-state index in [0.29, 0.717) is 49.7 Å². The van der Waals surface area contributed by atoms with Crippen LogP contribution in [0.25, 0.3) is 10.9 Å². The predicted molar refractivity (Wildman–Crippen MR) is 107 cm³/mol. The number of hydrogen-bond donors (Lipinski definition) is 1. The first-order valence-corrected chi connectivity index (χ1v) is 9.56. The number of anilines is 2. The van der Waals surface area contributed by atoms with E-state index in [9.17, 15) is 14.7 Å². The van der Waals surface area contributed by atoms with E-state index in [-0.39, 0.29) is 17.6 Å². The Morgan fingerprint density at radius 3 is 2.63 bits per heavy atom. The minimum atomic E-state index is -1.33. The van der Waals surface area contributed by atoms with Crippen LogP contribution in [0.3, 0.4) is 0 Å². The highest BCUT2D eigenvalue weighted by molar-refractivity contribution is 5.97. The smallest absolute Gasteiger partial charge is 0.341 e. The quantitative estimate of drug-likeness (QED) is 0.689. The first-order chi connectivity index (χ1) is 14.5. The lowest BCUT2D eigenvalue weighted by atomic mass is 10.1. The third kappa shape index (κ3) is 2.83. The van der Waals surface area contributed by atoms with E-state index in [0.717, 1.165) is 11.9 Å². The zero-order chi connectivity index (χ0) is 20.8. The van der Waals surface area contributed by atoms with Crippen LogP contribution in [0.5, 0.6) is 5.75 Å². The van der Waals surface area contributed by atoms with Crippen molar-refractivity contribution in [3.8, 4) is 5.75 Å². The van der Waals surface area contributed by atoms with Gasteiger partial charge in [-0.25, -0.2) is 19.2 Å². The lowest BCUT2D eigenvalue weighted by Crippen LogP contribution is -2.47. The molecule has 1 saturated heterocycles. The number of pyridine rings is 1. The van der Waals surface area contributed by atoms with Gasteiger partial charge in [-0.1, -0.05) is 0 Å². The molecule has 0 bridgehead atoms. The molecule has 30 heavy (non-hydrogen) atoms. The van der Waals surface area contributed by atoms with Crippen LogP contribution in [-0.4, -0.2) is 58.4 Å². The summed E-state index contributed by atoms with van der Waals surface area (Å²) in [6.07, 6.45) is 4.49. The van der Waals surface area contributed by atoms with Crippen LogP contribution < -0.4 is 20.0 Å². The van der Waals surface area contributed by atoms with E-state index >= 15 is 4.39 Å². The molecular formula is C20H18FN5O4. The Kier molecular flexibility index (Phi) is 4.27. The number of hydrogen-bond acceptors (Lipinski definition) is 7. The highest BCUT2D eigenvalue weighted by atomic mass is 19.1. The predicted octanol–water partition coefficient (Wildman–Crippen LogP) is 1.35. The van der Waals surface area contributed by atoms with Gasteiger partial charge in [-0.3, -0.25) is 4.79 Å². The Morgan fingerprint density at radius 1 is 1.17 bits per heavy atom. The van der Waals surface area contributed by atoms with Gasteiger partial charge in [0.05, 0.1) is 17.4 Å². The molecule has 0 unspecified atom stereocenters. The van der Waals surface area contributed by atoms with Gasteiger partial charge in [-0.05, 0) is 12.1 Å². The lowest BCUT2D eigenvalue weighted by molar-refractivity contribution is 0.0694. The fraction of sp³-hybridized carbons (Fsp3) is 0.300. The van der Waals surface area contributed by atoms with Crippen molar-refractivity contribution in [2.45, 2.75) is 6.54 Å². The molecule has 1 N–H and O–H groups in total. The van der Waals surface area contributed by atoms with Crippen LogP contribution >= 0.6 is 0 Å². The summed E-state index contributed by atoms with van der Waals surface area (Å²) >= 11 is 0. The van der Waals surface area contributed by atoms with Crippen molar-refractivity contribution in [3.63, 3.8) is 0 Å². The number of halogens is 1. The van der Waals surface area contributed by atoms with Crippen molar-refractivity contribution in [1.82, 2.24) is 14.5 Å². The second-order valence-corrected chi connectivity index (χ2v) is 7.19. The standard InChI is InChI=1S/C20H18FN5O4/c21-14-9-12-16-19(30-8-7-26(16)10-13(18(12)27)20(28)29)17(14)25-5-3-24(4-6-25)15-1-2-22-11-23-15/h1-2,9-11H,3-8H2,(H,28,29). The molecule has 2 aliphatic heterocycles. The average molecular weight is 411 g/mol. The van der Waals surface area contributed by atoms with Gasteiger partial charge in [0, 0.05) is 38.6 Å². The maximum atomic E-state index is 15.2. The zero-order valence-corrected chi connectivity index (χ0v) is 15.9. The van der Waals surface area contributed by atoms with Crippen molar-refractivity contribution in [1.29, 1.82) is 0 Å². The largest absolute Gasteiger partial charge is 0.487 e. The minimum absolute atomic E-state index is 0.0190. The Morgan fingerprint density at radius 2 is 1.93 bits per heavy atom. The topological polar surface area (TPSA) is 101 Å². The Labute approximate surface area is 169 Å². The summed E-state index contributed by atoms with van der Waals surface area (Å²) < 4.78 is 22.7. The molecule has 0 aliphatic carbocycles. The van der Waals surface area contributed by atoms with Crippen LogP contribution in [-0.2, 0) is 6.54 Å². The summed E-state index contributed by atoms with van der Waals surface area (Å²) in [4.78, 5) is 36.2. The molecule has 5 rings (SSSR count). The van der Waals surface area contributed by atoms with Crippen LogP contribution in [0.4, 0.5) is 15.9 Å². The number of aromatic carboxylic acids is 1. The van der Waals surface area contributed by atoms with Gasteiger partial charge in [0.1, 0.15) is 30.0 Å². The molecular weight excluding hydrogens is 393 g/mol. The second-order valence-electron chi connectivity index (χ2n) is 7.19. The maximum Gasteiger partial charge on any atom is 0.341 e. The Hall–Kier alpha value is -3.69. The fourth-order valence-electron chi connectivity index (χ4n) is 4.12. The maximum absolute atomic E-state index is 15.2. The number of carboxylic acid groups (broad SMARTS) is 1. The highest BCUT2D eigenvalue weighted by Crippen LogP contribution is 2.40. The lowest BCUT2D eigenvalue weighted by Gasteiger charge is -2.38. The summed E-state index contributed by atoms with van der Waals surface area (Å²) in [7, 11) is 0. The number of nitrogens with zero attached hydrogens (tertiary/aromatic N) is 5. The van der Waals surface area contributed by atoms with Gasteiger partial charge in [-0.15, -0.1) is 0 Å². The Balaban J connectivity index is 1.56. The molecule has 4 heterocycles. The minimum Gasteiger partial charge on any atom is -0.487 e. The van der Waals surface area contributed by atoms with Crippen LogP contribution in [0, 0.1) is 5.82 Å². The number of piperazine rings is 1. The molecule has 0 amide bonds. The van der Waals surface area contributed by atoms with Gasteiger partial charge in [0.25, 0.3) is 0 Å². The highest BCUT2D eigenvalue weighted by Gasteiger charge is 2.29. The van der Waals surface area contributed by atoms with E-state index in [1.165, 1.54) is 12.5 Å². The van der Waals surface area contributed by atoms with Gasteiger partial charge in [0.15, 0.2) is 11.6 Å². The number of carboxylic acids is 1. The van der Waals surface area contributed by atoms with Crippen molar-refractivity contribution >= 4 is 28.4 Å². The van der Waals surface area contributed by atoms with E-state index < -0.39 is 17.2 Å². The molecule has 1 aromatic carbocycles. The average Bonchev–Trinajstić information content (AvgIpc) is 2.76. The molecule has 0 radical (unpaired) electrons. The molecule has 2 aliphatic rings. The number of carbonyl (C=O) groups is 1. The summed E-state index contributed by atoms with van der Waals surface area (Å²) in [5, 5.41) is 9.34. The molecule has 1 fully saturated rings. The summed E-state index contributed by atoms with van der Waals surface area (Å²) in [6.45, 7) is 3.01. The fourth-order valence-corrected chi connectivity index (χ4v) is 4.12. The molecule has 10 heteroatoms. The first kappa shape index (κ1) is 18.3. The van der Waals surface area contributed by atoms with E-state index in [1.807, 2.05) is 11.0 Å². The van der Waals surface area contributed by atoms with Crippen molar-refractivity contribution in [2.75, 3.05) is 42.6 Å². The third-order valence-electron chi connectivity index (χ3n) is 5.54. The SMILES string of the molecule is O=C(O)c1cn2c3c(c(N4CCN(c5ccncn5)CC4)c(F)cc3c1=O)OCC2. The number of aromatic nitrogens is 3. The van der Waals surface area contributed by atoms with Gasteiger partial charge < -0.3 is 24.2 Å². The second kappa shape index (κ2) is 6.97. The number of rotatable bonds is 3. The molecule has 0 atom stereocenters. The zero-order valence-electron chi connectivity index (χ0n) is 15.9. The van der Waals surface area contributed by atoms with Crippen LogP contribution in [0.15, 0.2) is 35.6 Å². The van der Waals surface area contributed by atoms with Crippen molar-refractivity contribution < 1.29 is 19.0 Å². The van der Waals surface area contributed by atoms with Crippen LogP contribution in [0.2, 0.25) is 0 Å². The number of ether oxygens (including phenoxy) is 1. The third-order valence-corrected chi connectivity index (χ3v) is 5.54. The van der Waals surface area contributed by atoms with Crippen molar-refractivity contribution in [2.24, 2.45) is 0 Å². The van der Waals surface area contributed by atoms with Gasteiger partial charge in [0.2, 0.25) is 5.43 Å².